The Bertz CT molecular complexity index is 782. The van der Waals surface area contributed by atoms with Crippen LogP contribution >= 0.6 is 0 Å². The molecule has 1 aliphatic carbocycles. The van der Waals surface area contributed by atoms with Gasteiger partial charge in [0, 0.05) is 24.3 Å². The fraction of sp³-hybridized carbons (Fsp3) is 0.818. The molecule has 0 bridgehead atoms. The predicted octanol–water partition coefficient (Wildman–Crippen LogP) is 5.46. The molecule has 2 aliphatic rings. The standard InChI is InChI=1S/C22H35F3N4O/c1-15(2)20(6,18(26)28-14-16(3)13-19(28,4)5)29-11-7-17(27-29)30-12-10-21(8-9-21)22(23,24)25/h7,11,15-16,26H,8-10,12-14H2,1-6H3/t16?,20-/m1/s1. The van der Waals surface area contributed by atoms with Crippen LogP contribution in [-0.4, -0.2) is 45.4 Å². The van der Waals surface area contributed by atoms with Crippen molar-refractivity contribution in [3.05, 3.63) is 12.3 Å². The fourth-order valence-electron chi connectivity index (χ4n) is 4.72. The molecule has 2 atom stereocenters. The molecule has 1 unspecified atom stereocenters. The summed E-state index contributed by atoms with van der Waals surface area (Å²) >= 11 is 0. The number of alkyl halides is 3. The first-order valence-electron chi connectivity index (χ1n) is 10.9. The Morgan fingerprint density at radius 2 is 1.97 bits per heavy atom. The molecule has 1 saturated carbocycles. The highest BCUT2D eigenvalue weighted by atomic mass is 19.4. The van der Waals surface area contributed by atoms with Gasteiger partial charge in [0.2, 0.25) is 5.88 Å². The van der Waals surface area contributed by atoms with Crippen molar-refractivity contribution in [2.75, 3.05) is 13.2 Å². The summed E-state index contributed by atoms with van der Waals surface area (Å²) in [4.78, 5) is 2.17. The summed E-state index contributed by atoms with van der Waals surface area (Å²) in [5.74, 6) is 1.42. The van der Waals surface area contributed by atoms with Crippen molar-refractivity contribution >= 4 is 5.84 Å². The summed E-state index contributed by atoms with van der Waals surface area (Å²) in [5, 5.41) is 13.6. The molecule has 30 heavy (non-hydrogen) atoms. The zero-order chi connectivity index (χ0) is 22.5. The van der Waals surface area contributed by atoms with Gasteiger partial charge in [-0.1, -0.05) is 20.8 Å². The first-order valence-corrected chi connectivity index (χ1v) is 10.9. The van der Waals surface area contributed by atoms with Crippen molar-refractivity contribution in [1.82, 2.24) is 14.7 Å². The quantitative estimate of drug-likeness (QED) is 0.463. The number of rotatable bonds is 7. The van der Waals surface area contributed by atoms with E-state index >= 15 is 0 Å². The van der Waals surface area contributed by atoms with E-state index in [2.05, 4.69) is 44.6 Å². The highest BCUT2D eigenvalue weighted by Gasteiger charge is 2.62. The molecule has 1 N–H and O–H groups in total. The average Bonchev–Trinajstić information content (AvgIpc) is 3.18. The number of amidine groups is 1. The predicted molar refractivity (Wildman–Crippen MR) is 111 cm³/mol. The molecule has 1 saturated heterocycles. The van der Waals surface area contributed by atoms with Crippen LogP contribution in [0.25, 0.3) is 0 Å². The second-order valence-corrected chi connectivity index (χ2v) is 10.4. The molecule has 0 radical (unpaired) electrons. The highest BCUT2D eigenvalue weighted by molar-refractivity contribution is 5.88. The lowest BCUT2D eigenvalue weighted by atomic mass is 9.85. The average molecular weight is 429 g/mol. The Morgan fingerprint density at radius 1 is 1.33 bits per heavy atom. The van der Waals surface area contributed by atoms with Gasteiger partial charge in [-0.25, -0.2) is 0 Å². The largest absolute Gasteiger partial charge is 0.477 e. The third-order valence-corrected chi connectivity index (χ3v) is 7.27. The van der Waals surface area contributed by atoms with Gasteiger partial charge in [0.1, 0.15) is 11.4 Å². The molecule has 3 rings (SSSR count). The fourth-order valence-corrected chi connectivity index (χ4v) is 4.72. The molecule has 2 fully saturated rings. The van der Waals surface area contributed by atoms with Gasteiger partial charge in [0.05, 0.1) is 12.0 Å². The zero-order valence-corrected chi connectivity index (χ0v) is 18.9. The number of aromatic nitrogens is 2. The monoisotopic (exact) mass is 428 g/mol. The van der Waals surface area contributed by atoms with Crippen molar-refractivity contribution in [3.63, 3.8) is 0 Å². The molecule has 2 heterocycles. The smallest absolute Gasteiger partial charge is 0.394 e. The summed E-state index contributed by atoms with van der Waals surface area (Å²) in [6.07, 6.45) is -1.05. The van der Waals surface area contributed by atoms with Gasteiger partial charge in [-0.3, -0.25) is 10.1 Å². The van der Waals surface area contributed by atoms with Crippen LogP contribution in [0, 0.1) is 22.7 Å². The summed E-state index contributed by atoms with van der Waals surface area (Å²) in [7, 11) is 0. The first kappa shape index (κ1) is 22.9. The lowest BCUT2D eigenvalue weighted by molar-refractivity contribution is -0.190. The zero-order valence-electron chi connectivity index (χ0n) is 18.9. The summed E-state index contributed by atoms with van der Waals surface area (Å²) in [6, 6.07) is 1.68. The Morgan fingerprint density at radius 3 is 2.43 bits per heavy atom. The number of nitrogens with one attached hydrogen (secondary N) is 1. The van der Waals surface area contributed by atoms with E-state index in [4.69, 9.17) is 10.1 Å². The number of likely N-dealkylation sites (tertiary alicyclic amines) is 1. The van der Waals surface area contributed by atoms with E-state index in [9.17, 15) is 13.2 Å². The third kappa shape index (κ3) is 3.94. The van der Waals surface area contributed by atoms with Crippen molar-refractivity contribution in [2.45, 2.75) is 84.5 Å². The van der Waals surface area contributed by atoms with E-state index in [0.29, 0.717) is 17.6 Å². The minimum absolute atomic E-state index is 0.0109. The van der Waals surface area contributed by atoms with E-state index in [1.165, 1.54) is 0 Å². The number of halogens is 3. The topological polar surface area (TPSA) is 54.1 Å². The second kappa shape index (κ2) is 7.45. The van der Waals surface area contributed by atoms with Crippen LogP contribution in [0.15, 0.2) is 12.3 Å². The van der Waals surface area contributed by atoms with Crippen molar-refractivity contribution in [1.29, 1.82) is 5.41 Å². The van der Waals surface area contributed by atoms with Gasteiger partial charge in [-0.15, -0.1) is 5.10 Å². The lowest BCUT2D eigenvalue weighted by Gasteiger charge is -2.43. The van der Waals surface area contributed by atoms with E-state index in [0.717, 1.165) is 13.0 Å². The van der Waals surface area contributed by atoms with Crippen LogP contribution in [0.4, 0.5) is 13.2 Å². The number of hydrogen-bond donors (Lipinski definition) is 1. The number of ether oxygens (including phenoxy) is 1. The molecule has 5 nitrogen and oxygen atoms in total. The van der Waals surface area contributed by atoms with Crippen molar-refractivity contribution in [2.24, 2.45) is 17.3 Å². The molecule has 170 valence electrons. The molecule has 1 aliphatic heterocycles. The Hall–Kier alpha value is -1.73. The normalized spacial score (nSPS) is 24.7. The first-order chi connectivity index (χ1) is 13.7. The highest BCUT2D eigenvalue weighted by Crippen LogP contribution is 2.59. The molecule has 0 amide bonds. The SMILES string of the molecule is CC1CN(C(=N)[C@@](C)(C(C)C)n2ccc(OCCC3(C(F)(F)F)CC3)n2)C(C)(C)C1. The van der Waals surface area contributed by atoms with E-state index < -0.39 is 17.1 Å². The minimum atomic E-state index is -4.17. The second-order valence-electron chi connectivity index (χ2n) is 10.4. The van der Waals surface area contributed by atoms with Crippen LogP contribution < -0.4 is 4.74 Å². The van der Waals surface area contributed by atoms with Crippen LogP contribution in [0.5, 0.6) is 5.88 Å². The van der Waals surface area contributed by atoms with Crippen molar-refractivity contribution in [3.8, 4) is 5.88 Å². The number of nitrogens with zero attached hydrogens (tertiary/aromatic N) is 3. The van der Waals surface area contributed by atoms with E-state index in [1.54, 1.807) is 16.9 Å². The maximum Gasteiger partial charge on any atom is 0.394 e. The maximum absolute atomic E-state index is 13.1. The van der Waals surface area contributed by atoms with E-state index in [-0.39, 0.29) is 37.3 Å². The molecule has 1 aromatic rings. The van der Waals surface area contributed by atoms with Crippen molar-refractivity contribution < 1.29 is 17.9 Å². The summed E-state index contributed by atoms with van der Waals surface area (Å²) in [6.45, 7) is 13.5. The van der Waals surface area contributed by atoms with Crippen LogP contribution in [0.3, 0.4) is 0 Å². The summed E-state index contributed by atoms with van der Waals surface area (Å²) < 4.78 is 46.6. The van der Waals surface area contributed by atoms with Crippen LogP contribution in [0.1, 0.15) is 67.2 Å². The van der Waals surface area contributed by atoms with Gasteiger partial charge >= 0.3 is 6.18 Å². The molecule has 1 aromatic heterocycles. The lowest BCUT2D eigenvalue weighted by Crippen LogP contribution is -2.55. The summed E-state index contributed by atoms with van der Waals surface area (Å²) in [5.41, 5.74) is -2.36. The molecule has 0 aromatic carbocycles. The minimum Gasteiger partial charge on any atom is -0.477 e. The van der Waals surface area contributed by atoms with E-state index in [1.807, 2.05) is 6.92 Å². The van der Waals surface area contributed by atoms with Gasteiger partial charge < -0.3 is 9.64 Å². The Balaban J connectivity index is 1.73. The van der Waals surface area contributed by atoms with Crippen LogP contribution in [0.2, 0.25) is 0 Å². The molecule has 0 spiro atoms. The maximum atomic E-state index is 13.1. The Labute approximate surface area is 177 Å². The van der Waals surface area contributed by atoms with Gasteiger partial charge in [-0.05, 0) is 58.3 Å². The Kier molecular flexibility index (Phi) is 5.70. The van der Waals surface area contributed by atoms with Crippen LogP contribution in [-0.2, 0) is 5.54 Å². The van der Waals surface area contributed by atoms with Gasteiger partial charge in [0.15, 0.2) is 0 Å². The third-order valence-electron chi connectivity index (χ3n) is 7.27. The molecule has 8 heteroatoms. The number of hydrogen-bond acceptors (Lipinski definition) is 3. The van der Waals surface area contributed by atoms with Gasteiger partial charge in [-0.2, -0.15) is 13.2 Å². The van der Waals surface area contributed by atoms with Gasteiger partial charge in [0.25, 0.3) is 0 Å². The molecular weight excluding hydrogens is 393 g/mol. The molecular formula is C22H35F3N4O.